The van der Waals surface area contributed by atoms with E-state index < -0.39 is 0 Å². The van der Waals surface area contributed by atoms with Crippen molar-refractivity contribution in [2.75, 3.05) is 29.6 Å². The van der Waals surface area contributed by atoms with Crippen LogP contribution in [0.3, 0.4) is 0 Å². The Bertz CT molecular complexity index is 798. The fourth-order valence-electron chi connectivity index (χ4n) is 2.15. The Morgan fingerprint density at radius 1 is 1.04 bits per heavy atom. The van der Waals surface area contributed by atoms with Crippen LogP contribution in [0.15, 0.2) is 35.4 Å². The van der Waals surface area contributed by atoms with Gasteiger partial charge in [0, 0.05) is 18.2 Å². The summed E-state index contributed by atoms with van der Waals surface area (Å²) in [6.07, 6.45) is 0.373. The molecule has 26 heavy (non-hydrogen) atoms. The molecule has 0 unspecified atom stereocenters. The van der Waals surface area contributed by atoms with Gasteiger partial charge in [0.15, 0.2) is 17.3 Å². The fraction of sp³-hybridized carbons (Fsp3) is 0.294. The Labute approximate surface area is 154 Å². The van der Waals surface area contributed by atoms with E-state index in [0.717, 1.165) is 0 Å². The number of carbonyl (C=O) groups is 2. The smallest absolute Gasteiger partial charge is 0.234 e. The first kappa shape index (κ1) is 18.0. The van der Waals surface area contributed by atoms with Gasteiger partial charge in [0.1, 0.15) is 18.2 Å². The number of nitrogens with zero attached hydrogens (tertiary/aromatic N) is 2. The van der Waals surface area contributed by atoms with Crippen molar-refractivity contribution in [1.82, 2.24) is 10.2 Å². The molecule has 1 aromatic carbocycles. The summed E-state index contributed by atoms with van der Waals surface area (Å²) in [4.78, 5) is 23.4. The average Bonchev–Trinajstić information content (AvgIpc) is 2.67. The van der Waals surface area contributed by atoms with Crippen molar-refractivity contribution in [3.63, 3.8) is 0 Å². The summed E-state index contributed by atoms with van der Waals surface area (Å²) in [6, 6.07) is 8.64. The van der Waals surface area contributed by atoms with Crippen LogP contribution >= 0.6 is 11.8 Å². The molecule has 1 aromatic heterocycles. The quantitative estimate of drug-likeness (QED) is 0.748. The highest BCUT2D eigenvalue weighted by Crippen LogP contribution is 2.32. The molecule has 2 amide bonds. The van der Waals surface area contributed by atoms with Gasteiger partial charge in [0.2, 0.25) is 11.8 Å². The number of nitrogens with one attached hydrogen (secondary N) is 2. The second-order valence-electron chi connectivity index (χ2n) is 5.35. The number of amides is 2. The van der Waals surface area contributed by atoms with Crippen molar-refractivity contribution in [3.8, 4) is 11.5 Å². The SMILES string of the molecule is CCC(=O)Nc1ccc(SCC(=O)Nc2ccc3c(c2)OCCO3)nn1. The van der Waals surface area contributed by atoms with Crippen LogP contribution in [0.5, 0.6) is 11.5 Å². The van der Waals surface area contributed by atoms with Gasteiger partial charge in [0.05, 0.1) is 5.75 Å². The molecule has 0 radical (unpaired) electrons. The minimum Gasteiger partial charge on any atom is -0.486 e. The number of ether oxygens (including phenoxy) is 2. The minimum absolute atomic E-state index is 0.126. The molecule has 2 N–H and O–H groups in total. The normalized spacial score (nSPS) is 12.3. The number of carbonyl (C=O) groups excluding carboxylic acids is 2. The molecule has 3 rings (SSSR count). The summed E-state index contributed by atoms with van der Waals surface area (Å²) in [7, 11) is 0. The highest BCUT2D eigenvalue weighted by molar-refractivity contribution is 7.99. The molecule has 8 nitrogen and oxygen atoms in total. The number of fused-ring (bicyclic) bond motifs is 1. The molecule has 0 atom stereocenters. The predicted molar refractivity (Wildman–Crippen MR) is 97.7 cm³/mol. The summed E-state index contributed by atoms with van der Waals surface area (Å²) in [5, 5.41) is 13.9. The van der Waals surface area contributed by atoms with Gasteiger partial charge < -0.3 is 20.1 Å². The molecule has 0 bridgehead atoms. The van der Waals surface area contributed by atoms with E-state index >= 15 is 0 Å². The second kappa shape index (κ2) is 8.52. The Morgan fingerprint density at radius 2 is 1.85 bits per heavy atom. The zero-order chi connectivity index (χ0) is 18.4. The third-order valence-corrected chi connectivity index (χ3v) is 4.33. The van der Waals surface area contributed by atoms with Gasteiger partial charge in [-0.05, 0) is 24.3 Å². The zero-order valence-electron chi connectivity index (χ0n) is 14.2. The van der Waals surface area contributed by atoms with E-state index in [0.29, 0.717) is 47.7 Å². The van der Waals surface area contributed by atoms with Crippen LogP contribution in [-0.2, 0) is 9.59 Å². The molecule has 0 saturated heterocycles. The lowest BCUT2D eigenvalue weighted by molar-refractivity contribution is -0.116. The van der Waals surface area contributed by atoms with E-state index in [-0.39, 0.29) is 17.6 Å². The second-order valence-corrected chi connectivity index (χ2v) is 6.35. The summed E-state index contributed by atoms with van der Waals surface area (Å²) < 4.78 is 10.9. The first-order chi connectivity index (χ1) is 12.6. The summed E-state index contributed by atoms with van der Waals surface area (Å²) >= 11 is 1.26. The first-order valence-electron chi connectivity index (χ1n) is 8.10. The summed E-state index contributed by atoms with van der Waals surface area (Å²) in [6.45, 7) is 2.78. The molecule has 136 valence electrons. The van der Waals surface area contributed by atoms with E-state index in [1.54, 1.807) is 37.3 Å². The number of benzene rings is 1. The summed E-state index contributed by atoms with van der Waals surface area (Å²) in [5.41, 5.74) is 0.642. The molecule has 0 saturated carbocycles. The van der Waals surface area contributed by atoms with Crippen LogP contribution in [-0.4, -0.2) is 41.0 Å². The van der Waals surface area contributed by atoms with E-state index in [4.69, 9.17) is 9.47 Å². The predicted octanol–water partition coefficient (Wildman–Crippen LogP) is 2.33. The van der Waals surface area contributed by atoms with Crippen LogP contribution in [0.2, 0.25) is 0 Å². The van der Waals surface area contributed by atoms with Crippen molar-refractivity contribution >= 4 is 35.1 Å². The minimum atomic E-state index is -0.170. The number of anilines is 2. The van der Waals surface area contributed by atoms with Crippen LogP contribution in [0, 0.1) is 0 Å². The number of hydrogen-bond donors (Lipinski definition) is 2. The molecular weight excluding hydrogens is 356 g/mol. The maximum absolute atomic E-state index is 12.1. The molecule has 2 heterocycles. The maximum atomic E-state index is 12.1. The van der Waals surface area contributed by atoms with Gasteiger partial charge in [-0.25, -0.2) is 0 Å². The van der Waals surface area contributed by atoms with E-state index in [1.807, 2.05) is 0 Å². The topological polar surface area (TPSA) is 102 Å². The van der Waals surface area contributed by atoms with E-state index in [2.05, 4.69) is 20.8 Å². The number of rotatable bonds is 6. The van der Waals surface area contributed by atoms with E-state index in [9.17, 15) is 9.59 Å². The van der Waals surface area contributed by atoms with Crippen LogP contribution < -0.4 is 20.1 Å². The highest BCUT2D eigenvalue weighted by Gasteiger charge is 2.13. The van der Waals surface area contributed by atoms with E-state index in [1.165, 1.54) is 11.8 Å². The van der Waals surface area contributed by atoms with Crippen molar-refractivity contribution in [2.24, 2.45) is 0 Å². The molecule has 9 heteroatoms. The van der Waals surface area contributed by atoms with Crippen molar-refractivity contribution in [3.05, 3.63) is 30.3 Å². The number of aromatic nitrogens is 2. The number of hydrogen-bond acceptors (Lipinski definition) is 7. The van der Waals surface area contributed by atoms with Crippen molar-refractivity contribution in [1.29, 1.82) is 0 Å². The first-order valence-corrected chi connectivity index (χ1v) is 9.08. The van der Waals surface area contributed by atoms with Crippen molar-refractivity contribution < 1.29 is 19.1 Å². The fourth-order valence-corrected chi connectivity index (χ4v) is 2.77. The molecule has 0 fully saturated rings. The van der Waals surface area contributed by atoms with Gasteiger partial charge in [-0.1, -0.05) is 18.7 Å². The lowest BCUT2D eigenvalue weighted by Gasteiger charge is -2.18. The Morgan fingerprint density at radius 3 is 2.58 bits per heavy atom. The third-order valence-electron chi connectivity index (χ3n) is 3.41. The molecule has 0 aliphatic carbocycles. The van der Waals surface area contributed by atoms with Gasteiger partial charge in [-0.3, -0.25) is 9.59 Å². The van der Waals surface area contributed by atoms with Crippen LogP contribution in [0.25, 0.3) is 0 Å². The van der Waals surface area contributed by atoms with Gasteiger partial charge >= 0.3 is 0 Å². The van der Waals surface area contributed by atoms with Gasteiger partial charge in [-0.2, -0.15) is 0 Å². The van der Waals surface area contributed by atoms with Crippen LogP contribution in [0.1, 0.15) is 13.3 Å². The zero-order valence-corrected chi connectivity index (χ0v) is 15.0. The molecular formula is C17H18N4O4S. The Kier molecular flexibility index (Phi) is 5.90. The largest absolute Gasteiger partial charge is 0.486 e. The molecule has 0 spiro atoms. The monoisotopic (exact) mass is 374 g/mol. The van der Waals surface area contributed by atoms with Crippen molar-refractivity contribution in [2.45, 2.75) is 18.4 Å². The van der Waals surface area contributed by atoms with Gasteiger partial charge in [-0.15, -0.1) is 10.2 Å². The molecule has 2 aromatic rings. The lowest BCUT2D eigenvalue weighted by Crippen LogP contribution is -2.17. The highest BCUT2D eigenvalue weighted by atomic mass is 32.2. The Balaban J connectivity index is 1.50. The summed E-state index contributed by atoms with van der Waals surface area (Å²) in [5.74, 6) is 1.58. The lowest BCUT2D eigenvalue weighted by atomic mass is 10.2. The third kappa shape index (κ3) is 4.85. The molecule has 1 aliphatic rings. The Hall–Kier alpha value is -2.81. The van der Waals surface area contributed by atoms with Gasteiger partial charge in [0.25, 0.3) is 0 Å². The average molecular weight is 374 g/mol. The van der Waals surface area contributed by atoms with Crippen LogP contribution in [0.4, 0.5) is 11.5 Å². The number of thioether (sulfide) groups is 1. The maximum Gasteiger partial charge on any atom is 0.234 e. The standard InChI is InChI=1S/C17H18N4O4S/c1-2-15(22)19-14-5-6-17(21-20-14)26-10-16(23)18-11-3-4-12-13(9-11)25-8-7-24-12/h3-6,9H,2,7-8,10H2,1H3,(H,18,23)(H,19,20,22). The molecule has 1 aliphatic heterocycles.